The number of aliphatic hydroxyl groups excluding tert-OH is 1. The maximum atomic E-state index is 13.4. The molecule has 24 heavy (non-hydrogen) atoms. The Morgan fingerprint density at radius 2 is 2.12 bits per heavy atom. The van der Waals surface area contributed by atoms with Crippen LogP contribution in [0.1, 0.15) is 32.1 Å². The van der Waals surface area contributed by atoms with Gasteiger partial charge in [-0.15, -0.1) is 0 Å². The number of carbonyl (C=O) groups excluding carboxylic acids is 1. The Morgan fingerprint density at radius 1 is 1.42 bits per heavy atom. The lowest BCUT2D eigenvalue weighted by Crippen LogP contribution is -2.69. The van der Waals surface area contributed by atoms with Crippen LogP contribution < -0.4 is 15.4 Å². The van der Waals surface area contributed by atoms with Gasteiger partial charge in [-0.25, -0.2) is 4.39 Å². The summed E-state index contributed by atoms with van der Waals surface area (Å²) in [7, 11) is 1.87. The van der Waals surface area contributed by atoms with Crippen LogP contribution in [0.3, 0.4) is 0 Å². The number of halogens is 2. The first-order valence-electron chi connectivity index (χ1n) is 8.14. The number of rotatable bonds is 5. The zero-order chi connectivity index (χ0) is 17.4. The molecule has 0 aliphatic heterocycles. The number of amides is 1. The first kappa shape index (κ1) is 17.5. The maximum Gasteiger partial charge on any atom is 0.258 e. The van der Waals surface area contributed by atoms with Crippen molar-refractivity contribution in [3.8, 4) is 5.75 Å². The van der Waals surface area contributed by atoms with Gasteiger partial charge < -0.3 is 20.5 Å². The highest BCUT2D eigenvalue weighted by Gasteiger charge is 2.53. The smallest absolute Gasteiger partial charge is 0.258 e. The van der Waals surface area contributed by atoms with E-state index in [9.17, 15) is 14.3 Å². The molecule has 3 fully saturated rings. The van der Waals surface area contributed by atoms with Gasteiger partial charge in [-0.3, -0.25) is 4.79 Å². The van der Waals surface area contributed by atoms with Crippen molar-refractivity contribution >= 4 is 17.5 Å². The number of benzene rings is 1. The monoisotopic (exact) mass is 356 g/mol. The molecular weight excluding hydrogens is 335 g/mol. The fourth-order valence-electron chi connectivity index (χ4n) is 3.92. The standard InChI is InChI=1S/C17H22ClFN2O3/c1-20-17-6-4-16(5-7-17,9-14(17)22)21-15(23)10-24-11-2-3-12(18)13(19)8-11/h2-3,8,14,20,22H,4-7,9-10H2,1H3,(H,21,23)/t14-,16?,17?/m1/s1. The molecule has 7 heteroatoms. The zero-order valence-electron chi connectivity index (χ0n) is 13.6. The third-order valence-corrected chi connectivity index (χ3v) is 5.79. The minimum absolute atomic E-state index is 0.0112. The van der Waals surface area contributed by atoms with E-state index < -0.39 is 11.9 Å². The number of fused-ring (bicyclic) bond motifs is 3. The molecule has 1 aromatic carbocycles. The van der Waals surface area contributed by atoms with E-state index in [2.05, 4.69) is 10.6 Å². The predicted octanol–water partition coefficient (Wildman–Crippen LogP) is 2.01. The van der Waals surface area contributed by atoms with Crippen LogP contribution in [0.25, 0.3) is 0 Å². The summed E-state index contributed by atoms with van der Waals surface area (Å²) in [5.41, 5.74) is -0.590. The summed E-state index contributed by atoms with van der Waals surface area (Å²) in [5.74, 6) is -0.596. The minimum Gasteiger partial charge on any atom is -0.484 e. The Balaban J connectivity index is 1.56. The number of nitrogens with one attached hydrogen (secondary N) is 2. The molecule has 2 bridgehead atoms. The fourth-order valence-corrected chi connectivity index (χ4v) is 4.04. The van der Waals surface area contributed by atoms with Crippen LogP contribution in [0.2, 0.25) is 5.02 Å². The average Bonchev–Trinajstić information content (AvgIpc) is 2.57. The molecule has 0 heterocycles. The number of hydrogen-bond acceptors (Lipinski definition) is 4. The van der Waals surface area contributed by atoms with Crippen LogP contribution in [-0.2, 0) is 4.79 Å². The van der Waals surface area contributed by atoms with Gasteiger partial charge in [-0.05, 0) is 51.3 Å². The van der Waals surface area contributed by atoms with Gasteiger partial charge in [0.2, 0.25) is 0 Å². The summed E-state index contributed by atoms with van der Waals surface area (Å²) in [6.07, 6.45) is 3.37. The molecule has 3 aliphatic rings. The van der Waals surface area contributed by atoms with Crippen LogP contribution in [0, 0.1) is 5.82 Å². The van der Waals surface area contributed by atoms with E-state index in [-0.39, 0.29) is 34.4 Å². The second kappa shape index (κ2) is 6.50. The third-order valence-electron chi connectivity index (χ3n) is 5.48. The van der Waals surface area contributed by atoms with Gasteiger partial charge in [0.15, 0.2) is 6.61 Å². The third kappa shape index (κ3) is 3.23. The molecule has 1 atom stereocenters. The number of hydrogen-bond donors (Lipinski definition) is 3. The lowest BCUT2D eigenvalue weighted by Gasteiger charge is -2.56. The summed E-state index contributed by atoms with van der Waals surface area (Å²) in [5, 5.41) is 16.7. The zero-order valence-corrected chi connectivity index (χ0v) is 14.3. The molecule has 0 aromatic heterocycles. The normalized spacial score (nSPS) is 31.8. The molecule has 1 aromatic rings. The van der Waals surface area contributed by atoms with Crippen molar-refractivity contribution in [3.05, 3.63) is 29.0 Å². The minimum atomic E-state index is -0.584. The molecule has 0 spiro atoms. The number of aliphatic hydroxyl groups is 1. The molecule has 0 radical (unpaired) electrons. The van der Waals surface area contributed by atoms with E-state index in [4.69, 9.17) is 16.3 Å². The summed E-state index contributed by atoms with van der Waals surface area (Å²) in [6.45, 7) is -0.198. The largest absolute Gasteiger partial charge is 0.484 e. The molecule has 0 saturated heterocycles. The van der Waals surface area contributed by atoms with Crippen molar-refractivity contribution in [2.45, 2.75) is 49.3 Å². The summed E-state index contributed by atoms with van der Waals surface area (Å²) >= 11 is 5.61. The van der Waals surface area contributed by atoms with E-state index in [0.717, 1.165) is 31.7 Å². The summed E-state index contributed by atoms with van der Waals surface area (Å²) in [4.78, 5) is 12.2. The van der Waals surface area contributed by atoms with Crippen molar-refractivity contribution in [1.82, 2.24) is 10.6 Å². The van der Waals surface area contributed by atoms with Crippen LogP contribution >= 0.6 is 11.6 Å². The first-order valence-corrected chi connectivity index (χ1v) is 8.52. The van der Waals surface area contributed by atoms with Crippen LogP contribution in [0.15, 0.2) is 18.2 Å². The van der Waals surface area contributed by atoms with Gasteiger partial charge in [0.05, 0.1) is 11.1 Å². The lowest BCUT2D eigenvalue weighted by molar-refractivity contribution is -0.129. The van der Waals surface area contributed by atoms with Gasteiger partial charge in [0.1, 0.15) is 11.6 Å². The van der Waals surface area contributed by atoms with Gasteiger partial charge in [0.25, 0.3) is 5.91 Å². The highest BCUT2D eigenvalue weighted by molar-refractivity contribution is 6.30. The molecule has 3 saturated carbocycles. The Labute approximate surface area is 145 Å². The first-order chi connectivity index (χ1) is 11.4. The van der Waals surface area contributed by atoms with Gasteiger partial charge in [0, 0.05) is 17.1 Å². The van der Waals surface area contributed by atoms with Gasteiger partial charge in [-0.2, -0.15) is 0 Å². The second-order valence-corrected chi connectivity index (χ2v) is 7.23. The van der Waals surface area contributed by atoms with Gasteiger partial charge in [-0.1, -0.05) is 11.6 Å². The van der Waals surface area contributed by atoms with Crippen molar-refractivity contribution in [2.24, 2.45) is 0 Å². The van der Waals surface area contributed by atoms with Crippen molar-refractivity contribution in [2.75, 3.05) is 13.7 Å². The predicted molar refractivity (Wildman–Crippen MR) is 88.7 cm³/mol. The van der Waals surface area contributed by atoms with E-state index in [1.54, 1.807) is 0 Å². The highest BCUT2D eigenvalue weighted by atomic mass is 35.5. The van der Waals surface area contributed by atoms with Gasteiger partial charge >= 0.3 is 0 Å². The van der Waals surface area contributed by atoms with E-state index >= 15 is 0 Å². The quantitative estimate of drug-likeness (QED) is 0.754. The van der Waals surface area contributed by atoms with E-state index in [1.807, 2.05) is 7.05 Å². The lowest BCUT2D eigenvalue weighted by atomic mass is 9.60. The topological polar surface area (TPSA) is 70.6 Å². The van der Waals surface area contributed by atoms with E-state index in [0.29, 0.717) is 6.42 Å². The number of ether oxygens (including phenoxy) is 1. The summed E-state index contributed by atoms with van der Waals surface area (Å²) in [6, 6.07) is 4.06. The Bertz CT molecular complexity index is 632. The van der Waals surface area contributed by atoms with Crippen molar-refractivity contribution in [1.29, 1.82) is 0 Å². The van der Waals surface area contributed by atoms with Crippen molar-refractivity contribution in [3.63, 3.8) is 0 Å². The molecule has 3 aliphatic carbocycles. The average molecular weight is 357 g/mol. The fraction of sp³-hybridized carbons (Fsp3) is 0.588. The molecule has 1 amide bonds. The highest BCUT2D eigenvalue weighted by Crippen LogP contribution is 2.46. The van der Waals surface area contributed by atoms with E-state index in [1.165, 1.54) is 12.1 Å². The molecule has 5 nitrogen and oxygen atoms in total. The SMILES string of the molecule is CNC12CCC(NC(=O)COc3ccc(Cl)c(F)c3)(CC1)C[C@H]2O. The van der Waals surface area contributed by atoms with Crippen LogP contribution in [-0.4, -0.2) is 41.9 Å². The molecular formula is C17H22ClFN2O3. The second-order valence-electron chi connectivity index (χ2n) is 6.82. The number of carbonyl (C=O) groups is 1. The molecule has 3 N–H and O–H groups in total. The summed E-state index contributed by atoms with van der Waals surface area (Å²) < 4.78 is 18.7. The van der Waals surface area contributed by atoms with Crippen LogP contribution in [0.5, 0.6) is 5.75 Å². The molecule has 0 unspecified atom stereocenters. The Morgan fingerprint density at radius 3 is 2.71 bits per heavy atom. The van der Waals surface area contributed by atoms with Crippen molar-refractivity contribution < 1.29 is 19.0 Å². The maximum absolute atomic E-state index is 13.4. The molecule has 4 rings (SSSR count). The Hall–Kier alpha value is -1.37. The Kier molecular flexibility index (Phi) is 4.73. The van der Waals surface area contributed by atoms with Crippen LogP contribution in [0.4, 0.5) is 4.39 Å². The number of likely N-dealkylation sites (N-methyl/N-ethyl adjacent to an activating group) is 1. The molecule has 132 valence electrons.